The molecule has 12 heavy (non-hydrogen) atoms. The number of halogens is 1. The Morgan fingerprint density at radius 3 is 2.92 bits per heavy atom. The van der Waals surface area contributed by atoms with E-state index in [0.717, 1.165) is 0 Å². The quantitative estimate of drug-likeness (QED) is 0.611. The number of carbonyl (C=O) groups excluding carboxylic acids is 1. The summed E-state index contributed by atoms with van der Waals surface area (Å²) in [6.45, 7) is 5.19. The molecule has 0 aromatic rings. The molecule has 0 N–H and O–H groups in total. The largest absolute Gasteiger partial charge is 0.359 e. The van der Waals surface area contributed by atoms with E-state index in [4.69, 9.17) is 16.3 Å². The summed E-state index contributed by atoms with van der Waals surface area (Å²) in [6.07, 6.45) is 0. The zero-order valence-corrected chi connectivity index (χ0v) is 8.17. The first-order valence-corrected chi connectivity index (χ1v) is 4.63. The molecule has 0 bridgehead atoms. The van der Waals surface area contributed by atoms with E-state index >= 15 is 0 Å². The highest BCUT2D eigenvalue weighted by atomic mass is 35.5. The van der Waals surface area contributed by atoms with Crippen molar-refractivity contribution in [3.05, 3.63) is 0 Å². The van der Waals surface area contributed by atoms with Gasteiger partial charge in [-0.3, -0.25) is 4.79 Å². The van der Waals surface area contributed by atoms with Gasteiger partial charge in [-0.25, -0.2) is 0 Å². The third-order valence-electron chi connectivity index (χ3n) is 2.12. The monoisotopic (exact) mass is 191 g/mol. The molecule has 0 aliphatic carbocycles. The Bertz CT molecular complexity index is 172. The summed E-state index contributed by atoms with van der Waals surface area (Å²) < 4.78 is 5.20. The molecule has 70 valence electrons. The lowest BCUT2D eigenvalue weighted by molar-refractivity contribution is -0.131. The smallest absolute Gasteiger partial charge is 0.239 e. The molecule has 0 spiro atoms. The van der Waals surface area contributed by atoms with Crippen molar-refractivity contribution < 1.29 is 9.53 Å². The van der Waals surface area contributed by atoms with Crippen LogP contribution in [0.1, 0.15) is 13.8 Å². The lowest BCUT2D eigenvalue weighted by Gasteiger charge is -2.24. The van der Waals surface area contributed by atoms with Crippen LogP contribution in [0, 0.1) is 5.92 Å². The summed E-state index contributed by atoms with van der Waals surface area (Å²) in [5.41, 5.74) is 0. The van der Waals surface area contributed by atoms with Crippen LogP contribution in [0.15, 0.2) is 0 Å². The standard InChI is InChI=1S/C8H14ClNO2/c1-6(2)7-4-12-5-10(7)8(11)3-9/h6-7H,3-5H2,1-2H3. The third kappa shape index (κ3) is 1.90. The van der Waals surface area contributed by atoms with Crippen LogP contribution in [0.2, 0.25) is 0 Å². The molecular weight excluding hydrogens is 178 g/mol. The number of alkyl halides is 1. The average molecular weight is 192 g/mol. The van der Waals surface area contributed by atoms with Crippen LogP contribution in [0.25, 0.3) is 0 Å². The molecule has 1 saturated heterocycles. The summed E-state index contributed by atoms with van der Waals surface area (Å²) in [4.78, 5) is 12.9. The number of ether oxygens (including phenoxy) is 1. The predicted octanol–water partition coefficient (Wildman–Crippen LogP) is 1.07. The molecule has 1 atom stereocenters. The number of carbonyl (C=O) groups is 1. The molecular formula is C8H14ClNO2. The van der Waals surface area contributed by atoms with E-state index in [1.54, 1.807) is 4.90 Å². The van der Waals surface area contributed by atoms with Crippen molar-refractivity contribution >= 4 is 17.5 Å². The minimum Gasteiger partial charge on any atom is -0.359 e. The maximum absolute atomic E-state index is 11.2. The number of amides is 1. The molecule has 3 nitrogen and oxygen atoms in total. The Morgan fingerprint density at radius 1 is 1.75 bits per heavy atom. The van der Waals surface area contributed by atoms with Gasteiger partial charge in [0.25, 0.3) is 0 Å². The van der Waals surface area contributed by atoms with E-state index in [1.165, 1.54) is 0 Å². The van der Waals surface area contributed by atoms with Gasteiger partial charge in [0.1, 0.15) is 12.6 Å². The normalized spacial score (nSPS) is 23.7. The molecule has 4 heteroatoms. The van der Waals surface area contributed by atoms with Crippen molar-refractivity contribution in [3.8, 4) is 0 Å². The second-order valence-electron chi connectivity index (χ2n) is 3.31. The van der Waals surface area contributed by atoms with Gasteiger partial charge in [0.2, 0.25) is 5.91 Å². The molecule has 0 radical (unpaired) electrons. The van der Waals surface area contributed by atoms with E-state index in [9.17, 15) is 4.79 Å². The van der Waals surface area contributed by atoms with E-state index in [2.05, 4.69) is 13.8 Å². The highest BCUT2D eigenvalue weighted by Gasteiger charge is 2.30. The Labute approximate surface area is 77.6 Å². The van der Waals surface area contributed by atoms with E-state index in [1.807, 2.05) is 0 Å². The second kappa shape index (κ2) is 4.10. The van der Waals surface area contributed by atoms with Crippen LogP contribution in [-0.2, 0) is 9.53 Å². The van der Waals surface area contributed by atoms with Gasteiger partial charge >= 0.3 is 0 Å². The Balaban J connectivity index is 2.57. The van der Waals surface area contributed by atoms with Gasteiger partial charge in [-0.2, -0.15) is 0 Å². The van der Waals surface area contributed by atoms with Crippen LogP contribution in [0.3, 0.4) is 0 Å². The zero-order chi connectivity index (χ0) is 9.14. The van der Waals surface area contributed by atoms with Gasteiger partial charge in [0.05, 0.1) is 12.6 Å². The van der Waals surface area contributed by atoms with Crippen molar-refractivity contribution in [2.45, 2.75) is 19.9 Å². The van der Waals surface area contributed by atoms with Crippen molar-refractivity contribution in [2.24, 2.45) is 5.92 Å². The molecule has 1 heterocycles. The fourth-order valence-corrected chi connectivity index (χ4v) is 1.50. The van der Waals surface area contributed by atoms with E-state index in [0.29, 0.717) is 19.3 Å². The molecule has 1 fully saturated rings. The Morgan fingerprint density at radius 2 is 2.42 bits per heavy atom. The van der Waals surface area contributed by atoms with Crippen molar-refractivity contribution in [1.82, 2.24) is 4.90 Å². The fraction of sp³-hybridized carbons (Fsp3) is 0.875. The molecule has 1 rings (SSSR count). The number of rotatable bonds is 2. The zero-order valence-electron chi connectivity index (χ0n) is 7.42. The van der Waals surface area contributed by atoms with Crippen molar-refractivity contribution in [1.29, 1.82) is 0 Å². The Kier molecular flexibility index (Phi) is 3.35. The molecule has 0 aromatic heterocycles. The summed E-state index contributed by atoms with van der Waals surface area (Å²) in [6, 6.07) is 0.205. The first-order chi connectivity index (χ1) is 5.66. The lowest BCUT2D eigenvalue weighted by Crippen LogP contribution is -2.40. The van der Waals surface area contributed by atoms with Gasteiger partial charge in [-0.1, -0.05) is 13.8 Å². The van der Waals surface area contributed by atoms with Crippen molar-refractivity contribution in [3.63, 3.8) is 0 Å². The molecule has 0 saturated carbocycles. The number of hydrogen-bond acceptors (Lipinski definition) is 2. The van der Waals surface area contributed by atoms with E-state index in [-0.39, 0.29) is 17.8 Å². The second-order valence-corrected chi connectivity index (χ2v) is 3.58. The minimum atomic E-state index is -0.0344. The summed E-state index contributed by atoms with van der Waals surface area (Å²) in [7, 11) is 0. The third-order valence-corrected chi connectivity index (χ3v) is 2.35. The van der Waals surface area contributed by atoms with E-state index < -0.39 is 0 Å². The molecule has 1 aliphatic rings. The van der Waals surface area contributed by atoms with Crippen molar-refractivity contribution in [2.75, 3.05) is 19.2 Å². The molecule has 1 aliphatic heterocycles. The van der Waals surface area contributed by atoms with Gasteiger partial charge in [-0.05, 0) is 5.92 Å². The number of nitrogens with zero attached hydrogens (tertiary/aromatic N) is 1. The highest BCUT2D eigenvalue weighted by molar-refractivity contribution is 6.27. The first-order valence-electron chi connectivity index (χ1n) is 4.10. The van der Waals surface area contributed by atoms with Crippen LogP contribution >= 0.6 is 11.6 Å². The minimum absolute atomic E-state index is 0.0344. The number of hydrogen-bond donors (Lipinski definition) is 0. The SMILES string of the molecule is CC(C)C1COCN1C(=O)CCl. The lowest BCUT2D eigenvalue weighted by atomic mass is 10.1. The van der Waals surface area contributed by atoms with Crippen LogP contribution in [0.5, 0.6) is 0 Å². The summed E-state index contributed by atoms with van der Waals surface area (Å²) in [5, 5.41) is 0. The fourth-order valence-electron chi connectivity index (χ4n) is 1.34. The topological polar surface area (TPSA) is 29.5 Å². The maximum atomic E-state index is 11.2. The molecule has 0 aromatic carbocycles. The Hall–Kier alpha value is -0.280. The molecule has 1 amide bonds. The van der Waals surface area contributed by atoms with Gasteiger partial charge in [-0.15, -0.1) is 11.6 Å². The first kappa shape index (κ1) is 9.81. The van der Waals surface area contributed by atoms with Gasteiger partial charge in [0, 0.05) is 0 Å². The van der Waals surface area contributed by atoms with Gasteiger partial charge < -0.3 is 9.64 Å². The van der Waals surface area contributed by atoms with Crippen LogP contribution in [0.4, 0.5) is 0 Å². The maximum Gasteiger partial charge on any atom is 0.239 e. The summed E-state index contributed by atoms with van der Waals surface area (Å²) >= 11 is 5.46. The summed E-state index contributed by atoms with van der Waals surface area (Å²) in [5.74, 6) is 0.444. The predicted molar refractivity (Wildman–Crippen MR) is 47.0 cm³/mol. The van der Waals surface area contributed by atoms with Gasteiger partial charge in [0.15, 0.2) is 0 Å². The highest BCUT2D eigenvalue weighted by Crippen LogP contribution is 2.17. The average Bonchev–Trinajstić information content (AvgIpc) is 2.50. The molecule has 1 unspecified atom stereocenters. The van der Waals surface area contributed by atoms with Crippen LogP contribution in [-0.4, -0.2) is 36.1 Å². The van der Waals surface area contributed by atoms with Crippen LogP contribution < -0.4 is 0 Å².